The molecule has 0 saturated heterocycles. The van der Waals surface area contributed by atoms with E-state index in [0.29, 0.717) is 0 Å². The van der Waals surface area contributed by atoms with Crippen LogP contribution in [0.5, 0.6) is 0 Å². The third kappa shape index (κ3) is 6.89. The molecule has 0 fully saturated rings. The number of rotatable bonds is 7. The summed E-state index contributed by atoms with van der Waals surface area (Å²) < 4.78 is 30.4. The molecular formula is C17H22O11. The summed E-state index contributed by atoms with van der Waals surface area (Å²) >= 11 is 0. The van der Waals surface area contributed by atoms with E-state index in [-0.39, 0.29) is 5.76 Å². The first kappa shape index (κ1) is 22.9. The van der Waals surface area contributed by atoms with Crippen molar-refractivity contribution in [2.75, 3.05) is 13.7 Å². The summed E-state index contributed by atoms with van der Waals surface area (Å²) in [7, 11) is 1.10. The van der Waals surface area contributed by atoms with Gasteiger partial charge in [0.05, 0.1) is 7.11 Å². The van der Waals surface area contributed by atoms with Crippen LogP contribution in [-0.4, -0.2) is 68.0 Å². The van der Waals surface area contributed by atoms with Crippen LogP contribution in [0, 0.1) is 0 Å². The predicted molar refractivity (Wildman–Crippen MR) is 88.3 cm³/mol. The quantitative estimate of drug-likeness (QED) is 0.413. The first-order valence-corrected chi connectivity index (χ1v) is 8.17. The monoisotopic (exact) mass is 402 g/mol. The molecule has 1 unspecified atom stereocenters. The van der Waals surface area contributed by atoms with Crippen molar-refractivity contribution in [3.05, 3.63) is 11.8 Å². The van der Waals surface area contributed by atoms with Crippen LogP contribution in [0.4, 0.5) is 0 Å². The van der Waals surface area contributed by atoms with Crippen LogP contribution >= 0.6 is 0 Å². The Kier molecular flexibility index (Phi) is 8.42. The van der Waals surface area contributed by atoms with Crippen LogP contribution in [-0.2, 0) is 52.4 Å². The Morgan fingerprint density at radius 3 is 2.04 bits per heavy atom. The third-order valence-corrected chi connectivity index (χ3v) is 3.35. The number of methoxy groups -OCH3 is 1. The molecule has 4 atom stereocenters. The molecule has 1 rings (SSSR count). The molecule has 0 aliphatic carbocycles. The van der Waals surface area contributed by atoms with Crippen LogP contribution in [0.2, 0.25) is 0 Å². The van der Waals surface area contributed by atoms with Crippen molar-refractivity contribution in [2.24, 2.45) is 0 Å². The zero-order valence-electron chi connectivity index (χ0n) is 16.1. The van der Waals surface area contributed by atoms with Gasteiger partial charge in [-0.05, 0) is 0 Å². The first-order chi connectivity index (χ1) is 13.0. The standard InChI is InChI=1S/C17H22O11/c1-8(18)24-7-14(26-10(3)20)16-15(27-11(4)21)12(25-9(2)19)6-13(28-16)17(22)23-5/h6,12,14-16H,7H2,1-5H3/t12-,14-,15-,16?/m1/s1. The number of ether oxygens (including phenoxy) is 6. The van der Waals surface area contributed by atoms with E-state index < -0.39 is 60.9 Å². The highest BCUT2D eigenvalue weighted by Crippen LogP contribution is 2.28. The molecular weight excluding hydrogens is 380 g/mol. The Morgan fingerprint density at radius 2 is 1.57 bits per heavy atom. The maximum atomic E-state index is 11.9. The number of hydrogen-bond donors (Lipinski definition) is 0. The topological polar surface area (TPSA) is 141 Å². The molecule has 0 radical (unpaired) electrons. The van der Waals surface area contributed by atoms with Gasteiger partial charge in [0.25, 0.3) is 0 Å². The molecule has 28 heavy (non-hydrogen) atoms. The fourth-order valence-electron chi connectivity index (χ4n) is 2.42. The van der Waals surface area contributed by atoms with Gasteiger partial charge in [0.15, 0.2) is 24.4 Å². The molecule has 0 aromatic carbocycles. The van der Waals surface area contributed by atoms with Crippen molar-refractivity contribution in [3.8, 4) is 0 Å². The second-order valence-electron chi connectivity index (χ2n) is 5.70. The minimum Gasteiger partial charge on any atom is -0.475 e. The van der Waals surface area contributed by atoms with E-state index in [4.69, 9.17) is 23.7 Å². The molecule has 0 aromatic heterocycles. The second kappa shape index (κ2) is 10.3. The van der Waals surface area contributed by atoms with E-state index in [9.17, 15) is 24.0 Å². The van der Waals surface area contributed by atoms with Crippen molar-refractivity contribution < 1.29 is 52.4 Å². The fourth-order valence-corrected chi connectivity index (χ4v) is 2.42. The highest BCUT2D eigenvalue weighted by Gasteiger charge is 2.47. The Morgan fingerprint density at radius 1 is 0.964 bits per heavy atom. The summed E-state index contributed by atoms with van der Waals surface area (Å²) in [6, 6.07) is 0. The van der Waals surface area contributed by atoms with Gasteiger partial charge in [-0.25, -0.2) is 4.79 Å². The molecule has 1 aliphatic heterocycles. The lowest BCUT2D eigenvalue weighted by atomic mass is 9.98. The average molecular weight is 402 g/mol. The predicted octanol–water partition coefficient (Wildman–Crippen LogP) is -0.200. The molecule has 0 spiro atoms. The normalized spacial score (nSPS) is 21.9. The van der Waals surface area contributed by atoms with E-state index in [1.54, 1.807) is 0 Å². The average Bonchev–Trinajstić information content (AvgIpc) is 2.57. The highest BCUT2D eigenvalue weighted by atomic mass is 16.6. The maximum absolute atomic E-state index is 11.9. The molecule has 11 nitrogen and oxygen atoms in total. The van der Waals surface area contributed by atoms with Gasteiger partial charge in [0.2, 0.25) is 5.76 Å². The van der Waals surface area contributed by atoms with Gasteiger partial charge in [-0.2, -0.15) is 0 Å². The molecule has 0 saturated carbocycles. The Bertz CT molecular complexity index is 666. The van der Waals surface area contributed by atoms with Crippen LogP contribution < -0.4 is 0 Å². The van der Waals surface area contributed by atoms with E-state index in [1.807, 2.05) is 0 Å². The van der Waals surface area contributed by atoms with Crippen molar-refractivity contribution >= 4 is 29.8 Å². The fraction of sp³-hybridized carbons (Fsp3) is 0.588. The van der Waals surface area contributed by atoms with Gasteiger partial charge in [0.1, 0.15) is 6.61 Å². The van der Waals surface area contributed by atoms with Gasteiger partial charge < -0.3 is 28.4 Å². The molecule has 1 heterocycles. The lowest BCUT2D eigenvalue weighted by Gasteiger charge is -2.38. The number of esters is 5. The molecule has 11 heteroatoms. The summed E-state index contributed by atoms with van der Waals surface area (Å²) in [5.74, 6) is -4.16. The van der Waals surface area contributed by atoms with E-state index in [1.165, 1.54) is 0 Å². The summed E-state index contributed by atoms with van der Waals surface area (Å²) in [5.41, 5.74) is 0. The number of hydrogen-bond acceptors (Lipinski definition) is 11. The van der Waals surface area contributed by atoms with E-state index >= 15 is 0 Å². The van der Waals surface area contributed by atoms with Gasteiger partial charge in [-0.1, -0.05) is 0 Å². The molecule has 0 bridgehead atoms. The van der Waals surface area contributed by atoms with E-state index in [0.717, 1.165) is 40.9 Å². The van der Waals surface area contributed by atoms with Gasteiger partial charge in [-0.3, -0.25) is 19.2 Å². The zero-order chi connectivity index (χ0) is 21.4. The smallest absolute Gasteiger partial charge is 0.373 e. The number of carbonyl (C=O) groups excluding carboxylic acids is 5. The molecule has 156 valence electrons. The zero-order valence-corrected chi connectivity index (χ0v) is 16.1. The lowest BCUT2D eigenvalue weighted by molar-refractivity contribution is -0.197. The summed E-state index contributed by atoms with van der Waals surface area (Å²) in [6.45, 7) is 4.00. The highest BCUT2D eigenvalue weighted by molar-refractivity contribution is 5.86. The Balaban J connectivity index is 3.35. The van der Waals surface area contributed by atoms with Crippen LogP contribution in [0.1, 0.15) is 27.7 Å². The summed E-state index contributed by atoms with van der Waals surface area (Å²) in [6.07, 6.45) is -4.05. The third-order valence-electron chi connectivity index (χ3n) is 3.35. The first-order valence-electron chi connectivity index (χ1n) is 8.17. The largest absolute Gasteiger partial charge is 0.475 e. The minimum absolute atomic E-state index is 0.359. The van der Waals surface area contributed by atoms with Crippen molar-refractivity contribution in [3.63, 3.8) is 0 Å². The van der Waals surface area contributed by atoms with Gasteiger partial charge >= 0.3 is 29.8 Å². The molecule has 0 amide bonds. The molecule has 0 N–H and O–H groups in total. The van der Waals surface area contributed by atoms with Gasteiger partial charge in [-0.15, -0.1) is 0 Å². The van der Waals surface area contributed by atoms with Crippen molar-refractivity contribution in [2.45, 2.75) is 52.1 Å². The molecule has 1 aliphatic rings. The summed E-state index contributed by atoms with van der Waals surface area (Å²) in [4.78, 5) is 57.6. The minimum atomic E-state index is -1.34. The van der Waals surface area contributed by atoms with Gasteiger partial charge in [0, 0.05) is 33.8 Å². The van der Waals surface area contributed by atoms with Crippen LogP contribution in [0.25, 0.3) is 0 Å². The Hall–Kier alpha value is -3.11. The Labute approximate surface area is 160 Å². The summed E-state index contributed by atoms with van der Waals surface area (Å²) in [5, 5.41) is 0. The SMILES string of the molecule is COC(=O)C1=C[C@@H](OC(C)=O)[C@@H](OC(C)=O)C([C@@H](COC(C)=O)OC(C)=O)O1. The van der Waals surface area contributed by atoms with E-state index in [2.05, 4.69) is 4.74 Å². The second-order valence-corrected chi connectivity index (χ2v) is 5.70. The maximum Gasteiger partial charge on any atom is 0.373 e. The molecule has 0 aromatic rings. The van der Waals surface area contributed by atoms with Crippen molar-refractivity contribution in [1.29, 1.82) is 0 Å². The van der Waals surface area contributed by atoms with Crippen LogP contribution in [0.15, 0.2) is 11.8 Å². The van der Waals surface area contributed by atoms with Crippen molar-refractivity contribution in [1.82, 2.24) is 0 Å². The van der Waals surface area contributed by atoms with Crippen LogP contribution in [0.3, 0.4) is 0 Å². The lowest BCUT2D eigenvalue weighted by Crippen LogP contribution is -2.54. The number of carbonyl (C=O) groups is 5.